The van der Waals surface area contributed by atoms with Gasteiger partial charge in [0, 0.05) is 30.3 Å². The first-order valence-electron chi connectivity index (χ1n) is 14.9. The van der Waals surface area contributed by atoms with E-state index in [9.17, 15) is 37.2 Å². The fourth-order valence-electron chi connectivity index (χ4n) is 6.72. The molecule has 0 radical (unpaired) electrons. The van der Waals surface area contributed by atoms with Gasteiger partial charge in [0.15, 0.2) is 5.69 Å². The summed E-state index contributed by atoms with van der Waals surface area (Å²) in [6.45, 7) is 1.76. The number of anilines is 1. The molecule has 5 atom stereocenters. The molecule has 2 aromatic heterocycles. The van der Waals surface area contributed by atoms with Gasteiger partial charge in [0.25, 0.3) is 17.7 Å². The van der Waals surface area contributed by atoms with Gasteiger partial charge in [0.2, 0.25) is 0 Å². The maximum Gasteiger partial charge on any atom is 0.504 e. The van der Waals surface area contributed by atoms with Gasteiger partial charge < -0.3 is 10.2 Å². The molecule has 2 aliphatic heterocycles. The number of amides is 3. The van der Waals surface area contributed by atoms with Crippen molar-refractivity contribution in [3.8, 4) is 11.8 Å². The predicted octanol–water partition coefficient (Wildman–Crippen LogP) is 4.11. The second-order valence-corrected chi connectivity index (χ2v) is 11.7. The highest BCUT2D eigenvalue weighted by molar-refractivity contribution is 6.07. The number of benzene rings is 2. The highest BCUT2D eigenvalue weighted by atomic mass is 19.4. The highest BCUT2D eigenvalue weighted by Gasteiger charge is 2.56. The Labute approximate surface area is 265 Å². The van der Waals surface area contributed by atoms with Crippen LogP contribution in [0.5, 0.6) is 0 Å². The minimum atomic E-state index is -4.87. The van der Waals surface area contributed by atoms with Crippen molar-refractivity contribution < 1.29 is 31.9 Å². The number of fused-ring (bicyclic) bond motifs is 2. The van der Waals surface area contributed by atoms with Crippen LogP contribution in [0.4, 0.5) is 23.4 Å². The monoisotopic (exact) mass is 646 g/mol. The van der Waals surface area contributed by atoms with E-state index < -0.39 is 53.5 Å². The Morgan fingerprint density at radius 3 is 2.40 bits per heavy atom. The lowest BCUT2D eigenvalue weighted by Crippen LogP contribution is -2.55. The molecule has 2 aromatic carbocycles. The Balaban J connectivity index is 1.42. The van der Waals surface area contributed by atoms with E-state index in [1.54, 1.807) is 37.3 Å². The van der Waals surface area contributed by atoms with Crippen molar-refractivity contribution in [1.82, 2.24) is 29.8 Å². The Morgan fingerprint density at radius 2 is 1.77 bits per heavy atom. The number of carbonyl (C=O) groups excluding carboxylic acids is 3. The number of likely N-dealkylation sites (tertiary alicyclic amines) is 1. The minimum absolute atomic E-state index is 0.0578. The molecule has 3 aliphatic rings. The molecule has 15 heteroatoms. The number of carbonyl (C=O) groups is 3. The molecule has 3 amide bonds. The number of rotatable bonds is 6. The van der Waals surface area contributed by atoms with Gasteiger partial charge in [-0.05, 0) is 61.6 Å². The van der Waals surface area contributed by atoms with Crippen molar-refractivity contribution in [3.63, 3.8) is 0 Å². The van der Waals surface area contributed by atoms with E-state index in [2.05, 4.69) is 16.5 Å². The molecule has 0 spiro atoms. The Bertz CT molecular complexity index is 1930. The second-order valence-electron chi connectivity index (χ2n) is 11.7. The maximum absolute atomic E-state index is 14.5. The lowest BCUT2D eigenvalue weighted by atomic mass is 9.80. The van der Waals surface area contributed by atoms with Crippen LogP contribution in [0.15, 0.2) is 66.9 Å². The van der Waals surface area contributed by atoms with Crippen molar-refractivity contribution >= 4 is 23.5 Å². The van der Waals surface area contributed by atoms with Crippen LogP contribution in [0.1, 0.15) is 57.8 Å². The molecule has 0 bridgehead atoms. The summed E-state index contributed by atoms with van der Waals surface area (Å²) in [7, 11) is 0. The van der Waals surface area contributed by atoms with Crippen LogP contribution < -0.4 is 10.2 Å². The number of nitrogens with zero attached hydrogens (tertiary/aromatic N) is 7. The van der Waals surface area contributed by atoms with Crippen molar-refractivity contribution in [2.75, 3.05) is 11.4 Å². The number of piperidine rings is 1. The van der Waals surface area contributed by atoms with Gasteiger partial charge >= 0.3 is 6.30 Å². The maximum atomic E-state index is 14.5. The fraction of sp³-hybridized carbons (Fsp3) is 0.312. The largest absolute Gasteiger partial charge is 0.504 e. The fourth-order valence-corrected chi connectivity index (χ4v) is 6.72. The molecule has 2 fully saturated rings. The predicted molar refractivity (Wildman–Crippen MR) is 157 cm³/mol. The van der Waals surface area contributed by atoms with Gasteiger partial charge in [-0.3, -0.25) is 19.3 Å². The Hall–Kier alpha value is -5.52. The van der Waals surface area contributed by atoms with Crippen LogP contribution in [0, 0.1) is 23.1 Å². The van der Waals surface area contributed by atoms with Crippen molar-refractivity contribution in [2.45, 2.75) is 50.1 Å². The number of halogens is 4. The molecular formula is C32H26F4N8O3. The third-order valence-corrected chi connectivity index (χ3v) is 8.93. The number of likely N-dealkylation sites (N-methyl/N-ethyl adjacent to an activating group) is 1. The van der Waals surface area contributed by atoms with Gasteiger partial charge in [-0.15, -0.1) is 13.2 Å². The number of aromatic nitrogens is 4. The molecule has 1 N–H and O–H groups in total. The van der Waals surface area contributed by atoms with Crippen LogP contribution in [-0.2, 0) is 11.1 Å². The van der Waals surface area contributed by atoms with E-state index in [4.69, 9.17) is 5.10 Å². The van der Waals surface area contributed by atoms with Gasteiger partial charge in [0.05, 0.1) is 11.8 Å². The van der Waals surface area contributed by atoms with Crippen LogP contribution in [-0.4, -0.2) is 66.9 Å². The van der Waals surface area contributed by atoms with Crippen LogP contribution in [0.25, 0.3) is 5.69 Å². The lowest BCUT2D eigenvalue weighted by Gasteiger charge is -2.38. The van der Waals surface area contributed by atoms with E-state index in [-0.39, 0.29) is 40.3 Å². The summed E-state index contributed by atoms with van der Waals surface area (Å²) in [5.74, 6) is -3.50. The van der Waals surface area contributed by atoms with E-state index in [1.165, 1.54) is 38.7 Å². The van der Waals surface area contributed by atoms with Gasteiger partial charge in [-0.2, -0.15) is 20.1 Å². The number of nitriles is 1. The summed E-state index contributed by atoms with van der Waals surface area (Å²) < 4.78 is 55.1. The smallest absolute Gasteiger partial charge is 0.338 e. The Morgan fingerprint density at radius 1 is 1.04 bits per heavy atom. The summed E-state index contributed by atoms with van der Waals surface area (Å²) in [6, 6.07) is 14.7. The molecule has 1 aliphatic carbocycles. The zero-order valence-corrected chi connectivity index (χ0v) is 24.7. The topological polar surface area (TPSA) is 129 Å². The summed E-state index contributed by atoms with van der Waals surface area (Å²) in [6.07, 6.45) is -3.02. The summed E-state index contributed by atoms with van der Waals surface area (Å²) in [5, 5.41) is 20.5. The first-order valence-corrected chi connectivity index (χ1v) is 14.9. The Kier molecular flexibility index (Phi) is 7.10. The van der Waals surface area contributed by atoms with E-state index in [1.807, 2.05) is 0 Å². The van der Waals surface area contributed by atoms with E-state index >= 15 is 0 Å². The number of hydrogen-bond acceptors (Lipinski definition) is 6. The first-order chi connectivity index (χ1) is 22.5. The van der Waals surface area contributed by atoms with Crippen molar-refractivity contribution in [1.29, 1.82) is 5.26 Å². The summed E-state index contributed by atoms with van der Waals surface area (Å²) in [5.41, 5.74) is 0.463. The molecule has 240 valence electrons. The highest BCUT2D eigenvalue weighted by Crippen LogP contribution is 2.50. The quantitative estimate of drug-likeness (QED) is 0.314. The minimum Gasteiger partial charge on any atom is -0.338 e. The number of para-hydroxylation sites is 1. The molecule has 4 heterocycles. The SMILES string of the molecule is CCN1C(=O)[C@@H](NC(=O)c2ccn(C(F)(F)F)n2)[C@@H](c2ccc(F)cc2)c2c(C(=O)N3[C@H](C#N)C[C@H]4C[C@H]43)nn(-c3ccccc3)c21. The molecule has 7 rings (SSSR count). The average Bonchev–Trinajstić information content (AvgIpc) is 3.39. The van der Waals surface area contributed by atoms with Crippen LogP contribution in [0.2, 0.25) is 0 Å². The van der Waals surface area contributed by atoms with Crippen LogP contribution in [0.3, 0.4) is 0 Å². The second kappa shape index (κ2) is 11.1. The standard InChI is InChI=1S/C32H26F4N8O3/c1-2-41-29-25(27(40-44(29)20-6-4-3-5-7-20)31(47)43-21(16-37)14-18-15-23(18)43)24(17-8-10-19(33)11-9-17)26(30(41)46)38-28(45)22-12-13-42(39-22)32(34,35)36/h3-13,18,21,23-24,26H,2,14-15H2,1H3,(H,38,45)/t18-,21-,23+,24-,26-/m0/s1. The zero-order chi connectivity index (χ0) is 33.2. The molecular weight excluding hydrogens is 620 g/mol. The third-order valence-electron chi connectivity index (χ3n) is 8.93. The average molecular weight is 647 g/mol. The van der Waals surface area contributed by atoms with Crippen molar-refractivity contribution in [3.05, 3.63) is 95.2 Å². The van der Waals surface area contributed by atoms with Crippen molar-refractivity contribution in [2.24, 2.45) is 5.92 Å². The molecule has 1 saturated heterocycles. The third kappa shape index (κ3) is 5.00. The molecule has 4 aromatic rings. The van der Waals surface area contributed by atoms with Crippen LogP contribution >= 0.6 is 0 Å². The summed E-state index contributed by atoms with van der Waals surface area (Å²) in [4.78, 5) is 45.1. The molecule has 47 heavy (non-hydrogen) atoms. The molecule has 0 unspecified atom stereocenters. The van der Waals surface area contributed by atoms with Gasteiger partial charge in [-0.25, -0.2) is 9.07 Å². The molecule has 1 saturated carbocycles. The van der Waals surface area contributed by atoms with E-state index in [0.717, 1.165) is 12.5 Å². The number of hydrogen-bond donors (Lipinski definition) is 1. The zero-order valence-electron chi connectivity index (χ0n) is 24.7. The normalized spacial score (nSPS) is 23.2. The first kappa shape index (κ1) is 30.2. The van der Waals surface area contributed by atoms with E-state index in [0.29, 0.717) is 23.9 Å². The molecule has 11 nitrogen and oxygen atoms in total. The summed E-state index contributed by atoms with van der Waals surface area (Å²) >= 11 is 0. The van der Waals surface area contributed by atoms with Gasteiger partial charge in [0.1, 0.15) is 29.4 Å². The number of nitrogens with one attached hydrogen (secondary N) is 1. The van der Waals surface area contributed by atoms with Gasteiger partial charge in [-0.1, -0.05) is 30.3 Å². The number of alkyl halides is 3. The lowest BCUT2D eigenvalue weighted by molar-refractivity contribution is -0.212.